The first-order valence-corrected chi connectivity index (χ1v) is 11.3. The van der Waals surface area contributed by atoms with Crippen LogP contribution in [0.15, 0.2) is 97.1 Å². The number of hydrogen-bond donors (Lipinski definition) is 2. The highest BCUT2D eigenvalue weighted by molar-refractivity contribution is 6.31. The van der Waals surface area contributed by atoms with E-state index < -0.39 is 0 Å². The van der Waals surface area contributed by atoms with E-state index in [-0.39, 0.29) is 5.91 Å². The summed E-state index contributed by atoms with van der Waals surface area (Å²) in [7, 11) is 0. The zero-order valence-electron chi connectivity index (χ0n) is 17.8. The molecule has 0 unspecified atom stereocenters. The number of carbonyl (C=O) groups is 1. The molecule has 7 heteroatoms. The minimum atomic E-state index is -0.223. The number of aromatic nitrogens is 2. The van der Waals surface area contributed by atoms with E-state index >= 15 is 0 Å². The fourth-order valence-electron chi connectivity index (χ4n) is 3.58. The van der Waals surface area contributed by atoms with Gasteiger partial charge in [-0.25, -0.2) is 9.97 Å². The molecule has 4 aromatic carbocycles. The highest BCUT2D eigenvalue weighted by atomic mass is 35.5. The lowest BCUT2D eigenvalue weighted by atomic mass is 10.1. The van der Waals surface area contributed by atoms with Crippen molar-refractivity contribution < 1.29 is 4.79 Å². The number of benzene rings is 4. The molecule has 0 bridgehead atoms. The van der Waals surface area contributed by atoms with Crippen molar-refractivity contribution in [3.63, 3.8) is 0 Å². The van der Waals surface area contributed by atoms with Crippen LogP contribution in [0, 0.1) is 0 Å². The fraction of sp³-hybridized carbons (Fsp3) is 0. The smallest absolute Gasteiger partial charge is 0.255 e. The maximum Gasteiger partial charge on any atom is 0.255 e. The van der Waals surface area contributed by atoms with Crippen LogP contribution in [0.4, 0.5) is 17.3 Å². The van der Waals surface area contributed by atoms with Crippen LogP contribution in [0.3, 0.4) is 0 Å². The fourth-order valence-corrected chi connectivity index (χ4v) is 3.94. The Kier molecular flexibility index (Phi) is 6.12. The number of halogens is 2. The van der Waals surface area contributed by atoms with Crippen molar-refractivity contribution in [1.29, 1.82) is 0 Å². The van der Waals surface area contributed by atoms with E-state index in [2.05, 4.69) is 15.6 Å². The third-order valence-corrected chi connectivity index (χ3v) is 5.66. The summed E-state index contributed by atoms with van der Waals surface area (Å²) >= 11 is 12.2. The molecule has 0 fully saturated rings. The Labute approximate surface area is 206 Å². The molecule has 0 aliphatic carbocycles. The normalized spacial score (nSPS) is 10.8. The second kappa shape index (κ2) is 9.51. The SMILES string of the molecule is O=C(Nc1cccc(Cl)c1)c1ccc(Nc2nc(-c3ccccc3)c3cc(Cl)ccc3n2)cc1. The average Bonchev–Trinajstić information content (AvgIpc) is 2.85. The Morgan fingerprint density at radius 2 is 1.47 bits per heavy atom. The Bertz CT molecular complexity index is 1490. The summed E-state index contributed by atoms with van der Waals surface area (Å²) in [4.78, 5) is 22.0. The zero-order valence-corrected chi connectivity index (χ0v) is 19.3. The molecular formula is C27H18Cl2N4O. The van der Waals surface area contributed by atoms with Gasteiger partial charge in [0.25, 0.3) is 5.91 Å². The number of hydrogen-bond acceptors (Lipinski definition) is 4. The lowest BCUT2D eigenvalue weighted by Crippen LogP contribution is -2.11. The highest BCUT2D eigenvalue weighted by Gasteiger charge is 2.12. The molecule has 1 aromatic heterocycles. The van der Waals surface area contributed by atoms with E-state index in [1.54, 1.807) is 36.4 Å². The molecule has 5 aromatic rings. The van der Waals surface area contributed by atoms with Crippen molar-refractivity contribution in [2.24, 2.45) is 0 Å². The zero-order chi connectivity index (χ0) is 23.5. The second-order valence-corrected chi connectivity index (χ2v) is 8.46. The van der Waals surface area contributed by atoms with E-state index in [0.29, 0.717) is 27.2 Å². The van der Waals surface area contributed by atoms with Gasteiger partial charge in [0.05, 0.1) is 11.2 Å². The molecule has 5 rings (SSSR count). The first-order valence-electron chi connectivity index (χ1n) is 10.5. The molecular weight excluding hydrogens is 467 g/mol. The predicted molar refractivity (Wildman–Crippen MR) is 139 cm³/mol. The van der Waals surface area contributed by atoms with Crippen LogP contribution >= 0.6 is 23.2 Å². The molecule has 166 valence electrons. The molecule has 0 radical (unpaired) electrons. The van der Waals surface area contributed by atoms with Gasteiger partial charge in [-0.1, -0.05) is 59.6 Å². The van der Waals surface area contributed by atoms with Gasteiger partial charge in [0.1, 0.15) is 0 Å². The summed E-state index contributed by atoms with van der Waals surface area (Å²) < 4.78 is 0. The van der Waals surface area contributed by atoms with Crippen LogP contribution in [-0.2, 0) is 0 Å². The van der Waals surface area contributed by atoms with Gasteiger partial charge in [-0.15, -0.1) is 0 Å². The minimum absolute atomic E-state index is 0.223. The van der Waals surface area contributed by atoms with Crippen LogP contribution in [0.5, 0.6) is 0 Å². The number of rotatable bonds is 5. The molecule has 5 nitrogen and oxygen atoms in total. The number of carbonyl (C=O) groups excluding carboxylic acids is 1. The van der Waals surface area contributed by atoms with Crippen molar-refractivity contribution in [3.8, 4) is 11.3 Å². The molecule has 0 aliphatic rings. The molecule has 34 heavy (non-hydrogen) atoms. The summed E-state index contributed by atoms with van der Waals surface area (Å²) in [6.45, 7) is 0. The van der Waals surface area contributed by atoms with Crippen molar-refractivity contribution in [3.05, 3.63) is 113 Å². The lowest BCUT2D eigenvalue weighted by molar-refractivity contribution is 0.102. The number of anilines is 3. The number of nitrogens with one attached hydrogen (secondary N) is 2. The monoisotopic (exact) mass is 484 g/mol. The summed E-state index contributed by atoms with van der Waals surface area (Å²) in [5.41, 5.74) is 4.44. The highest BCUT2D eigenvalue weighted by Crippen LogP contribution is 2.30. The van der Waals surface area contributed by atoms with E-state index in [1.165, 1.54) is 0 Å². The van der Waals surface area contributed by atoms with Crippen LogP contribution < -0.4 is 10.6 Å². The lowest BCUT2D eigenvalue weighted by Gasteiger charge is -2.11. The average molecular weight is 485 g/mol. The van der Waals surface area contributed by atoms with Gasteiger partial charge < -0.3 is 10.6 Å². The molecule has 0 aliphatic heterocycles. The number of fused-ring (bicyclic) bond motifs is 1. The van der Waals surface area contributed by atoms with Crippen molar-refractivity contribution in [2.45, 2.75) is 0 Å². The maximum absolute atomic E-state index is 12.6. The first-order chi connectivity index (χ1) is 16.5. The van der Waals surface area contributed by atoms with Gasteiger partial charge in [0.15, 0.2) is 0 Å². The third-order valence-electron chi connectivity index (χ3n) is 5.19. The standard InChI is InChI=1S/C27H18Cl2N4O/c28-19-7-4-8-22(15-19)30-26(34)18-9-12-21(13-10-18)31-27-32-24-14-11-20(29)16-23(24)25(33-27)17-5-2-1-3-6-17/h1-16H,(H,30,34)(H,31,32,33). The molecule has 1 amide bonds. The van der Waals surface area contributed by atoms with Crippen LogP contribution in [0.25, 0.3) is 22.2 Å². The minimum Gasteiger partial charge on any atom is -0.324 e. The van der Waals surface area contributed by atoms with E-state index in [0.717, 1.165) is 27.8 Å². The van der Waals surface area contributed by atoms with Crippen molar-refractivity contribution >= 4 is 57.3 Å². The molecule has 1 heterocycles. The Morgan fingerprint density at radius 1 is 0.706 bits per heavy atom. The van der Waals surface area contributed by atoms with Crippen molar-refractivity contribution in [1.82, 2.24) is 9.97 Å². The molecule has 2 N–H and O–H groups in total. The van der Waals surface area contributed by atoms with Gasteiger partial charge in [0, 0.05) is 37.9 Å². The molecule has 0 spiro atoms. The van der Waals surface area contributed by atoms with Crippen molar-refractivity contribution in [2.75, 3.05) is 10.6 Å². The van der Waals surface area contributed by atoms with Crippen LogP contribution in [-0.4, -0.2) is 15.9 Å². The summed E-state index contributed by atoms with van der Waals surface area (Å²) in [5, 5.41) is 8.14. The topological polar surface area (TPSA) is 66.9 Å². The maximum atomic E-state index is 12.6. The first kappa shape index (κ1) is 21.9. The summed E-state index contributed by atoms with van der Waals surface area (Å²) in [6, 6.07) is 29.6. The van der Waals surface area contributed by atoms with E-state index in [1.807, 2.05) is 60.7 Å². The third kappa shape index (κ3) is 4.86. The summed E-state index contributed by atoms with van der Waals surface area (Å²) in [6.07, 6.45) is 0. The largest absolute Gasteiger partial charge is 0.324 e. The second-order valence-electron chi connectivity index (χ2n) is 7.59. The van der Waals surface area contributed by atoms with Gasteiger partial charge in [-0.2, -0.15) is 0 Å². The van der Waals surface area contributed by atoms with E-state index in [4.69, 9.17) is 28.2 Å². The Balaban J connectivity index is 1.41. The Hall–Kier alpha value is -3.93. The van der Waals surface area contributed by atoms with Gasteiger partial charge in [-0.3, -0.25) is 4.79 Å². The molecule has 0 atom stereocenters. The molecule has 0 saturated carbocycles. The quantitative estimate of drug-likeness (QED) is 0.269. The van der Waals surface area contributed by atoms with Gasteiger partial charge in [-0.05, 0) is 60.7 Å². The Morgan fingerprint density at radius 3 is 2.24 bits per heavy atom. The van der Waals surface area contributed by atoms with Crippen LogP contribution in [0.1, 0.15) is 10.4 Å². The summed E-state index contributed by atoms with van der Waals surface area (Å²) in [5.74, 6) is 0.226. The predicted octanol–water partition coefficient (Wildman–Crippen LogP) is 7.60. The van der Waals surface area contributed by atoms with E-state index in [9.17, 15) is 4.79 Å². The van der Waals surface area contributed by atoms with Crippen LogP contribution in [0.2, 0.25) is 10.0 Å². The van der Waals surface area contributed by atoms with Gasteiger partial charge in [0.2, 0.25) is 5.95 Å². The molecule has 0 saturated heterocycles. The van der Waals surface area contributed by atoms with Gasteiger partial charge >= 0.3 is 0 Å². The number of amides is 1. The number of nitrogens with zero attached hydrogens (tertiary/aromatic N) is 2.